The number of nitrogens with two attached hydrogens (primary N) is 1. The first kappa shape index (κ1) is 14.8. The number of hydrazine groups is 1. The highest BCUT2D eigenvalue weighted by Crippen LogP contribution is 2.16. The summed E-state index contributed by atoms with van der Waals surface area (Å²) < 4.78 is 10.9. The van der Waals surface area contributed by atoms with Crippen LogP contribution in [0.3, 0.4) is 0 Å². The second-order valence-corrected chi connectivity index (χ2v) is 5.91. The predicted octanol–water partition coefficient (Wildman–Crippen LogP) is 1.07. The van der Waals surface area contributed by atoms with E-state index in [0.29, 0.717) is 11.6 Å². The van der Waals surface area contributed by atoms with Gasteiger partial charge < -0.3 is 10.7 Å². The third-order valence-corrected chi connectivity index (χ3v) is 3.19. The minimum absolute atomic E-state index is 0.238. The lowest BCUT2D eigenvalue weighted by Gasteiger charge is -2.11. The number of hydrogen-bond acceptors (Lipinski definition) is 6. The number of aromatic nitrogens is 2. The van der Waals surface area contributed by atoms with Crippen molar-refractivity contribution in [3.05, 3.63) is 11.9 Å². The summed E-state index contributed by atoms with van der Waals surface area (Å²) in [4.78, 5) is 8.68. The van der Waals surface area contributed by atoms with Gasteiger partial charge in [-0.15, -0.1) is 0 Å². The second-order valence-electron chi connectivity index (χ2n) is 4.35. The first-order chi connectivity index (χ1) is 8.52. The highest BCUT2D eigenvalue weighted by atomic mass is 32.2. The molecule has 1 aromatic rings. The number of anilines is 2. The molecule has 0 aliphatic rings. The normalized spacial score (nSPS) is 12.5. The molecule has 1 aromatic heterocycles. The molecule has 18 heavy (non-hydrogen) atoms. The molecule has 0 aliphatic carbocycles. The van der Waals surface area contributed by atoms with Gasteiger partial charge in [-0.1, -0.05) is 13.8 Å². The van der Waals surface area contributed by atoms with Crippen LogP contribution in [0, 0.1) is 0 Å². The molecule has 1 atom stereocenters. The average Bonchev–Trinajstić information content (AvgIpc) is 2.34. The lowest BCUT2D eigenvalue weighted by atomic mass is 10.2. The van der Waals surface area contributed by atoms with E-state index in [9.17, 15) is 4.21 Å². The fourth-order valence-corrected chi connectivity index (χ4v) is 1.93. The Morgan fingerprint density at radius 2 is 2.06 bits per heavy atom. The molecule has 0 fully saturated rings. The van der Waals surface area contributed by atoms with E-state index in [0.717, 1.165) is 24.6 Å². The summed E-state index contributed by atoms with van der Waals surface area (Å²) in [6.45, 7) is 4.79. The molecule has 4 N–H and O–H groups in total. The van der Waals surface area contributed by atoms with Gasteiger partial charge in [0.05, 0.1) is 0 Å². The summed E-state index contributed by atoms with van der Waals surface area (Å²) in [5.41, 5.74) is 2.53. The van der Waals surface area contributed by atoms with Crippen molar-refractivity contribution in [3.8, 4) is 0 Å². The second kappa shape index (κ2) is 7.27. The smallest absolute Gasteiger partial charge is 0.145 e. The number of rotatable bonds is 7. The molecule has 0 spiro atoms. The Morgan fingerprint density at radius 1 is 1.39 bits per heavy atom. The molecule has 102 valence electrons. The van der Waals surface area contributed by atoms with Crippen molar-refractivity contribution in [2.45, 2.75) is 26.2 Å². The van der Waals surface area contributed by atoms with Gasteiger partial charge in [0.1, 0.15) is 17.5 Å². The molecule has 0 saturated heterocycles. The van der Waals surface area contributed by atoms with Crippen molar-refractivity contribution in [3.63, 3.8) is 0 Å². The molecule has 0 bridgehead atoms. The van der Waals surface area contributed by atoms with E-state index in [1.807, 2.05) is 13.8 Å². The van der Waals surface area contributed by atoms with Crippen LogP contribution < -0.4 is 16.6 Å². The van der Waals surface area contributed by atoms with Gasteiger partial charge in [0.2, 0.25) is 0 Å². The van der Waals surface area contributed by atoms with Crippen LogP contribution in [0.5, 0.6) is 0 Å². The van der Waals surface area contributed by atoms with E-state index in [2.05, 4.69) is 20.7 Å². The van der Waals surface area contributed by atoms with Crippen molar-refractivity contribution in [2.24, 2.45) is 5.84 Å². The van der Waals surface area contributed by atoms with E-state index in [4.69, 9.17) is 5.84 Å². The molecular formula is C11H21N5OS. The summed E-state index contributed by atoms with van der Waals surface area (Å²) in [6, 6.07) is 1.76. The first-order valence-corrected chi connectivity index (χ1v) is 7.65. The van der Waals surface area contributed by atoms with E-state index in [1.54, 1.807) is 12.3 Å². The van der Waals surface area contributed by atoms with Crippen LogP contribution in [0.1, 0.15) is 32.0 Å². The number of hydrogen-bond donors (Lipinski definition) is 3. The maximum absolute atomic E-state index is 10.9. The Balaban J connectivity index is 2.63. The van der Waals surface area contributed by atoms with Crippen LogP contribution in [-0.2, 0) is 10.8 Å². The minimum atomic E-state index is -0.746. The largest absolute Gasteiger partial charge is 0.370 e. The van der Waals surface area contributed by atoms with Crippen molar-refractivity contribution >= 4 is 22.4 Å². The molecule has 7 heteroatoms. The monoisotopic (exact) mass is 271 g/mol. The van der Waals surface area contributed by atoms with Gasteiger partial charge >= 0.3 is 0 Å². The van der Waals surface area contributed by atoms with Crippen LogP contribution in [0.4, 0.5) is 11.6 Å². The Morgan fingerprint density at radius 3 is 2.61 bits per heavy atom. The molecule has 0 amide bonds. The predicted molar refractivity (Wildman–Crippen MR) is 76.0 cm³/mol. The summed E-state index contributed by atoms with van der Waals surface area (Å²) in [7, 11) is -0.746. The third-order valence-electron chi connectivity index (χ3n) is 2.32. The molecule has 1 unspecified atom stereocenters. The van der Waals surface area contributed by atoms with E-state index < -0.39 is 10.8 Å². The molecular weight excluding hydrogens is 250 g/mol. The molecule has 6 nitrogen and oxygen atoms in total. The van der Waals surface area contributed by atoms with Crippen LogP contribution in [0.15, 0.2) is 6.07 Å². The lowest BCUT2D eigenvalue weighted by Crippen LogP contribution is -2.14. The van der Waals surface area contributed by atoms with Crippen molar-refractivity contribution in [1.29, 1.82) is 0 Å². The number of nitrogens with zero attached hydrogens (tertiary/aromatic N) is 2. The highest BCUT2D eigenvalue weighted by Gasteiger charge is 2.07. The SMILES string of the molecule is CC(C)c1nc(NN)cc(NCCCS(C)=O)n1. The van der Waals surface area contributed by atoms with E-state index in [-0.39, 0.29) is 5.92 Å². The fourth-order valence-electron chi connectivity index (χ4n) is 1.38. The minimum Gasteiger partial charge on any atom is -0.370 e. The lowest BCUT2D eigenvalue weighted by molar-refractivity contribution is 0.685. The molecule has 0 aliphatic heterocycles. The zero-order valence-corrected chi connectivity index (χ0v) is 11.9. The van der Waals surface area contributed by atoms with Crippen LogP contribution in [0.2, 0.25) is 0 Å². The number of nitrogen functional groups attached to an aromatic ring is 1. The van der Waals surface area contributed by atoms with Gasteiger partial charge in [0, 0.05) is 41.3 Å². The maximum Gasteiger partial charge on any atom is 0.145 e. The molecule has 0 aromatic carbocycles. The topological polar surface area (TPSA) is 92.9 Å². The number of nitrogens with one attached hydrogen (secondary N) is 2. The van der Waals surface area contributed by atoms with Gasteiger partial charge in [-0.3, -0.25) is 4.21 Å². The highest BCUT2D eigenvalue weighted by molar-refractivity contribution is 7.84. The van der Waals surface area contributed by atoms with Gasteiger partial charge in [0.15, 0.2) is 0 Å². The summed E-state index contributed by atoms with van der Waals surface area (Å²) in [5, 5.41) is 3.19. The van der Waals surface area contributed by atoms with Crippen molar-refractivity contribution < 1.29 is 4.21 Å². The van der Waals surface area contributed by atoms with Gasteiger partial charge in [-0.25, -0.2) is 15.8 Å². The summed E-state index contributed by atoms with van der Waals surface area (Å²) >= 11 is 0. The molecule has 1 heterocycles. The Bertz CT molecular complexity index is 410. The Kier molecular flexibility index (Phi) is 6.00. The molecule has 0 radical (unpaired) electrons. The maximum atomic E-state index is 10.9. The average molecular weight is 271 g/mol. The van der Waals surface area contributed by atoms with Crippen LogP contribution >= 0.6 is 0 Å². The summed E-state index contributed by atoms with van der Waals surface area (Å²) in [6.07, 6.45) is 2.55. The summed E-state index contributed by atoms with van der Waals surface area (Å²) in [5.74, 6) is 8.38. The van der Waals surface area contributed by atoms with Crippen molar-refractivity contribution in [2.75, 3.05) is 29.3 Å². The molecule has 1 rings (SSSR count). The van der Waals surface area contributed by atoms with Crippen LogP contribution in [-0.4, -0.2) is 32.7 Å². The third kappa shape index (κ3) is 4.97. The zero-order chi connectivity index (χ0) is 13.5. The van der Waals surface area contributed by atoms with Crippen LogP contribution in [0.25, 0.3) is 0 Å². The van der Waals surface area contributed by atoms with Gasteiger partial charge in [0.25, 0.3) is 0 Å². The van der Waals surface area contributed by atoms with Gasteiger partial charge in [-0.05, 0) is 6.42 Å². The van der Waals surface area contributed by atoms with Crippen molar-refractivity contribution in [1.82, 2.24) is 9.97 Å². The Labute approximate surface area is 110 Å². The quantitative estimate of drug-likeness (QED) is 0.390. The van der Waals surface area contributed by atoms with Gasteiger partial charge in [-0.2, -0.15) is 0 Å². The molecule has 0 saturated carbocycles. The fraction of sp³-hybridized carbons (Fsp3) is 0.636. The van der Waals surface area contributed by atoms with E-state index in [1.165, 1.54) is 0 Å². The Hall–Kier alpha value is -1.21. The first-order valence-electron chi connectivity index (χ1n) is 5.92. The van der Waals surface area contributed by atoms with E-state index >= 15 is 0 Å². The standard InChI is InChI=1S/C11H21N5OS/c1-8(2)11-14-9(7-10(15-11)16-12)13-5-4-6-18(3)17/h7-8H,4-6,12H2,1-3H3,(H2,13,14,15,16). The zero-order valence-electron chi connectivity index (χ0n) is 11.1.